The summed E-state index contributed by atoms with van der Waals surface area (Å²) >= 11 is 0. The summed E-state index contributed by atoms with van der Waals surface area (Å²) in [6, 6.07) is 2.26. The molecule has 0 N–H and O–H groups in total. The normalized spacial score (nSPS) is 16.1. The van der Waals surface area contributed by atoms with Crippen molar-refractivity contribution >= 4 is 5.97 Å². The second-order valence-corrected chi connectivity index (χ2v) is 7.69. The Kier molecular flexibility index (Phi) is 10.1. The molecule has 1 aliphatic rings. The van der Waals surface area contributed by atoms with E-state index in [4.69, 9.17) is 4.74 Å². The monoisotopic (exact) mass is 370 g/mol. The van der Waals surface area contributed by atoms with Crippen molar-refractivity contribution in [2.45, 2.75) is 92.4 Å². The van der Waals surface area contributed by atoms with Crippen LogP contribution in [0.5, 0.6) is 5.75 Å². The first-order valence-corrected chi connectivity index (χ1v) is 10.4. The number of carbonyl (C=O) groups excluding carboxylic acids is 1. The Balaban J connectivity index is 0.00000114. The van der Waals surface area contributed by atoms with Gasteiger partial charge >= 0.3 is 5.97 Å². The van der Waals surface area contributed by atoms with E-state index in [-0.39, 0.29) is 5.97 Å². The number of hydrogen-bond donors (Lipinski definition) is 0. The van der Waals surface area contributed by atoms with E-state index in [1.165, 1.54) is 61.3 Å². The highest BCUT2D eigenvalue weighted by Gasteiger charge is 2.22. The van der Waals surface area contributed by atoms with E-state index in [0.29, 0.717) is 5.92 Å². The Bertz CT molecular complexity index is 667. The number of benzene rings is 1. The third-order valence-electron chi connectivity index (χ3n) is 5.09. The lowest BCUT2D eigenvalue weighted by molar-refractivity contribution is -0.132. The average molecular weight is 371 g/mol. The maximum Gasteiger partial charge on any atom is 0.308 e. The minimum atomic E-state index is -0.222. The molecule has 2 heteroatoms. The van der Waals surface area contributed by atoms with Crippen LogP contribution < -0.4 is 4.74 Å². The zero-order valence-electron chi connectivity index (χ0n) is 18.3. The van der Waals surface area contributed by atoms with Crippen LogP contribution in [0.2, 0.25) is 0 Å². The van der Waals surface area contributed by atoms with Gasteiger partial charge in [-0.05, 0) is 82.1 Å². The molecule has 1 atom stereocenters. The predicted molar refractivity (Wildman–Crippen MR) is 117 cm³/mol. The molecule has 0 heterocycles. The van der Waals surface area contributed by atoms with Crippen molar-refractivity contribution in [1.82, 2.24) is 0 Å². The van der Waals surface area contributed by atoms with Crippen LogP contribution in [0.3, 0.4) is 0 Å². The molecule has 1 aliphatic carbocycles. The smallest absolute Gasteiger partial charge is 0.308 e. The zero-order chi connectivity index (χ0) is 20.4. The third-order valence-corrected chi connectivity index (χ3v) is 5.09. The first-order chi connectivity index (χ1) is 12.8. The molecule has 1 aromatic rings. The highest BCUT2D eigenvalue weighted by atomic mass is 16.5. The average Bonchev–Trinajstić information content (AvgIpc) is 2.59. The summed E-state index contributed by atoms with van der Waals surface area (Å²) < 4.78 is 5.66. The Hall–Kier alpha value is -1.83. The van der Waals surface area contributed by atoms with Gasteiger partial charge in [-0.25, -0.2) is 0 Å². The fourth-order valence-corrected chi connectivity index (χ4v) is 4.01. The number of hydrogen-bond acceptors (Lipinski definition) is 2. The summed E-state index contributed by atoms with van der Waals surface area (Å²) in [4.78, 5) is 11.6. The molecule has 1 aromatic carbocycles. The van der Waals surface area contributed by atoms with Gasteiger partial charge in [0.2, 0.25) is 0 Å². The van der Waals surface area contributed by atoms with E-state index < -0.39 is 0 Å². The topological polar surface area (TPSA) is 26.3 Å². The number of carbonyl (C=O) groups is 1. The second kappa shape index (κ2) is 11.8. The largest absolute Gasteiger partial charge is 0.426 e. The van der Waals surface area contributed by atoms with Gasteiger partial charge in [-0.1, -0.05) is 43.6 Å². The minimum absolute atomic E-state index is 0.222. The molecule has 2 nitrogen and oxygen atoms in total. The maximum atomic E-state index is 11.6. The van der Waals surface area contributed by atoms with Gasteiger partial charge in [0, 0.05) is 12.8 Å². The lowest BCUT2D eigenvalue weighted by atomic mass is 9.81. The summed E-state index contributed by atoms with van der Waals surface area (Å²) in [6.07, 6.45) is 12.3. The number of aryl methyl sites for hydroxylation is 2. The Morgan fingerprint density at radius 2 is 1.96 bits per heavy atom. The van der Waals surface area contributed by atoms with Crippen LogP contribution in [0.15, 0.2) is 30.4 Å². The highest BCUT2D eigenvalue weighted by molar-refractivity contribution is 5.71. The van der Waals surface area contributed by atoms with Gasteiger partial charge in [-0.3, -0.25) is 4.79 Å². The van der Waals surface area contributed by atoms with Gasteiger partial charge < -0.3 is 4.74 Å². The van der Waals surface area contributed by atoms with E-state index in [0.717, 1.165) is 24.2 Å². The van der Waals surface area contributed by atoms with E-state index in [1.807, 2.05) is 6.92 Å². The van der Waals surface area contributed by atoms with Crippen LogP contribution in [0.25, 0.3) is 0 Å². The van der Waals surface area contributed by atoms with E-state index in [9.17, 15) is 4.79 Å². The molecule has 0 saturated heterocycles. The number of esters is 1. The number of ether oxygens (including phenoxy) is 1. The molecule has 1 unspecified atom stereocenters. The van der Waals surface area contributed by atoms with Crippen LogP contribution in [0, 0.1) is 13.8 Å². The molecule has 0 amide bonds. The van der Waals surface area contributed by atoms with Crippen LogP contribution in [-0.2, 0) is 11.2 Å². The van der Waals surface area contributed by atoms with E-state index >= 15 is 0 Å². The van der Waals surface area contributed by atoms with Gasteiger partial charge in [-0.15, -0.1) is 6.58 Å². The number of allylic oxidation sites excluding steroid dienone is 3. The molecule has 0 radical (unpaired) electrons. The molecule has 0 fully saturated rings. The molecule has 0 bridgehead atoms. The van der Waals surface area contributed by atoms with Crippen molar-refractivity contribution in [2.75, 3.05) is 0 Å². The first kappa shape index (κ1) is 23.2. The van der Waals surface area contributed by atoms with Gasteiger partial charge in [0.1, 0.15) is 5.75 Å². The summed E-state index contributed by atoms with van der Waals surface area (Å²) in [6.45, 7) is 15.5. The van der Waals surface area contributed by atoms with Gasteiger partial charge in [-0.2, -0.15) is 0 Å². The zero-order valence-corrected chi connectivity index (χ0v) is 18.3. The number of unbranched alkanes of at least 4 members (excludes halogenated alkanes) is 2. The molecule has 0 saturated carbocycles. The fourth-order valence-electron chi connectivity index (χ4n) is 4.01. The van der Waals surface area contributed by atoms with Crippen LogP contribution in [-0.4, -0.2) is 5.97 Å². The summed E-state index contributed by atoms with van der Waals surface area (Å²) in [5.41, 5.74) is 6.53. The SMILES string of the molecule is C=CC.CCCCCc1cc(C)c(C2C=C(C)CCC2)c(C)c1OC(C)=O. The van der Waals surface area contributed by atoms with Crippen molar-refractivity contribution in [3.05, 3.63) is 52.6 Å². The molecule has 150 valence electrons. The fraction of sp³-hybridized carbons (Fsp3) is 0.560. The van der Waals surface area contributed by atoms with Crippen LogP contribution in [0.4, 0.5) is 0 Å². The van der Waals surface area contributed by atoms with Gasteiger partial charge in [0.15, 0.2) is 0 Å². The lowest BCUT2D eigenvalue weighted by Crippen LogP contribution is -2.12. The van der Waals surface area contributed by atoms with Gasteiger partial charge in [0.05, 0.1) is 0 Å². The minimum Gasteiger partial charge on any atom is -0.426 e. The molecular weight excluding hydrogens is 332 g/mol. The maximum absolute atomic E-state index is 11.6. The lowest BCUT2D eigenvalue weighted by Gasteiger charge is -2.26. The molecule has 27 heavy (non-hydrogen) atoms. The molecule has 0 spiro atoms. The quantitative estimate of drug-likeness (QED) is 0.226. The summed E-state index contributed by atoms with van der Waals surface area (Å²) in [7, 11) is 0. The van der Waals surface area contributed by atoms with Crippen molar-refractivity contribution in [3.63, 3.8) is 0 Å². The van der Waals surface area contributed by atoms with Crippen molar-refractivity contribution in [3.8, 4) is 5.75 Å². The van der Waals surface area contributed by atoms with E-state index in [1.54, 1.807) is 6.08 Å². The van der Waals surface area contributed by atoms with Gasteiger partial charge in [0.25, 0.3) is 0 Å². The Morgan fingerprint density at radius 3 is 2.52 bits per heavy atom. The number of rotatable bonds is 6. The van der Waals surface area contributed by atoms with Crippen molar-refractivity contribution in [2.24, 2.45) is 0 Å². The molecule has 0 aliphatic heterocycles. The van der Waals surface area contributed by atoms with Crippen molar-refractivity contribution < 1.29 is 9.53 Å². The van der Waals surface area contributed by atoms with Crippen molar-refractivity contribution in [1.29, 1.82) is 0 Å². The highest BCUT2D eigenvalue weighted by Crippen LogP contribution is 2.39. The molecule has 0 aromatic heterocycles. The van der Waals surface area contributed by atoms with Crippen LogP contribution in [0.1, 0.15) is 94.4 Å². The first-order valence-electron chi connectivity index (χ1n) is 10.4. The van der Waals surface area contributed by atoms with E-state index in [2.05, 4.69) is 46.4 Å². The third kappa shape index (κ3) is 7.01. The van der Waals surface area contributed by atoms with Crippen LogP contribution >= 0.6 is 0 Å². The Morgan fingerprint density at radius 1 is 1.30 bits per heavy atom. The summed E-state index contributed by atoms with van der Waals surface area (Å²) in [5, 5.41) is 0. The standard InChI is InChI=1S/C22H32O2.C3H6/c1-6-7-8-11-20-14-16(3)21(17(4)22(20)24-18(5)23)19-12-9-10-15(2)13-19;1-3-2/h13-14,19H,6-12H2,1-5H3;3H,1H2,2H3. The Labute approximate surface area is 166 Å². The predicted octanol–water partition coefficient (Wildman–Crippen LogP) is 7.37. The second-order valence-electron chi connectivity index (χ2n) is 7.69. The summed E-state index contributed by atoms with van der Waals surface area (Å²) in [5.74, 6) is 1.05. The molecule has 2 rings (SSSR count). The molecular formula is C25H38O2.